The van der Waals surface area contributed by atoms with Gasteiger partial charge in [-0.2, -0.15) is 0 Å². The van der Waals surface area contributed by atoms with Gasteiger partial charge in [0.05, 0.1) is 5.41 Å². The quantitative estimate of drug-likeness (QED) is 0.726. The molecule has 5 N–H and O–H groups in total. The fourth-order valence-corrected chi connectivity index (χ4v) is 1.23. The molecule has 0 aliphatic rings. The number of primary amides is 1. The molecule has 6 nitrogen and oxygen atoms in total. The maximum Gasteiger partial charge on any atom is 0.224 e. The smallest absolute Gasteiger partial charge is 0.224 e. The second kappa shape index (κ2) is 5.20. The van der Waals surface area contributed by atoms with Crippen LogP contribution < -0.4 is 16.8 Å². The number of hydrogen-bond acceptors (Lipinski definition) is 5. The van der Waals surface area contributed by atoms with Crippen molar-refractivity contribution in [3.63, 3.8) is 0 Å². The molecule has 0 saturated heterocycles. The van der Waals surface area contributed by atoms with Crippen LogP contribution in [0, 0.1) is 5.41 Å². The molecule has 1 aromatic rings. The third-order valence-corrected chi connectivity index (χ3v) is 2.66. The summed E-state index contributed by atoms with van der Waals surface area (Å²) in [5.41, 5.74) is 10.4. The standard InChI is InChI=1S/C12H21N5O/c1-7(2)10-16-8(13)5-9(17-10)15-6-12(3,4)11(14)18/h5,7H,6H2,1-4H3,(H2,14,18)(H3,13,15,16,17). The number of nitrogens with one attached hydrogen (secondary N) is 1. The number of amides is 1. The Hall–Kier alpha value is -1.85. The van der Waals surface area contributed by atoms with E-state index < -0.39 is 5.41 Å². The Balaban J connectivity index is 2.82. The zero-order chi connectivity index (χ0) is 13.9. The molecule has 1 heterocycles. The summed E-state index contributed by atoms with van der Waals surface area (Å²) in [5, 5.41) is 3.07. The van der Waals surface area contributed by atoms with Crippen LogP contribution in [0.2, 0.25) is 0 Å². The summed E-state index contributed by atoms with van der Waals surface area (Å²) < 4.78 is 0. The van der Waals surface area contributed by atoms with Crippen LogP contribution in [0.3, 0.4) is 0 Å². The van der Waals surface area contributed by atoms with E-state index in [1.54, 1.807) is 19.9 Å². The molecule has 0 aromatic carbocycles. The van der Waals surface area contributed by atoms with E-state index >= 15 is 0 Å². The molecular weight excluding hydrogens is 230 g/mol. The van der Waals surface area contributed by atoms with Crippen LogP contribution in [-0.2, 0) is 4.79 Å². The third-order valence-electron chi connectivity index (χ3n) is 2.66. The van der Waals surface area contributed by atoms with Gasteiger partial charge in [-0.1, -0.05) is 13.8 Å². The molecule has 100 valence electrons. The lowest BCUT2D eigenvalue weighted by atomic mass is 9.93. The monoisotopic (exact) mass is 251 g/mol. The van der Waals surface area contributed by atoms with E-state index in [1.165, 1.54) is 0 Å². The first-order valence-corrected chi connectivity index (χ1v) is 5.90. The lowest BCUT2D eigenvalue weighted by molar-refractivity contribution is -0.125. The van der Waals surface area contributed by atoms with Gasteiger partial charge in [-0.15, -0.1) is 0 Å². The van der Waals surface area contributed by atoms with Crippen LogP contribution in [0.4, 0.5) is 11.6 Å². The Kier molecular flexibility index (Phi) is 4.11. The summed E-state index contributed by atoms with van der Waals surface area (Å²) in [6.45, 7) is 7.93. The van der Waals surface area contributed by atoms with Gasteiger partial charge >= 0.3 is 0 Å². The first-order valence-electron chi connectivity index (χ1n) is 5.90. The Morgan fingerprint density at radius 2 is 2.06 bits per heavy atom. The van der Waals surface area contributed by atoms with Crippen molar-refractivity contribution in [1.82, 2.24) is 9.97 Å². The van der Waals surface area contributed by atoms with Crippen LogP contribution in [-0.4, -0.2) is 22.4 Å². The van der Waals surface area contributed by atoms with E-state index in [0.29, 0.717) is 24.0 Å². The molecule has 1 amide bonds. The predicted octanol–water partition coefficient (Wildman–Crippen LogP) is 1.11. The fraction of sp³-hybridized carbons (Fsp3) is 0.583. The van der Waals surface area contributed by atoms with Gasteiger partial charge in [0.2, 0.25) is 5.91 Å². The summed E-state index contributed by atoms with van der Waals surface area (Å²) in [7, 11) is 0. The second-order valence-electron chi connectivity index (χ2n) is 5.29. The molecule has 0 unspecified atom stereocenters. The van der Waals surface area contributed by atoms with Gasteiger partial charge in [-0.05, 0) is 13.8 Å². The lowest BCUT2D eigenvalue weighted by Gasteiger charge is -2.21. The van der Waals surface area contributed by atoms with Crippen molar-refractivity contribution in [2.45, 2.75) is 33.6 Å². The minimum absolute atomic E-state index is 0.193. The zero-order valence-corrected chi connectivity index (χ0v) is 11.3. The van der Waals surface area contributed by atoms with Crippen molar-refractivity contribution >= 4 is 17.5 Å². The SMILES string of the molecule is CC(C)c1nc(N)cc(NCC(C)(C)C(N)=O)n1. The molecule has 1 aromatic heterocycles. The van der Waals surface area contributed by atoms with Crippen molar-refractivity contribution in [2.75, 3.05) is 17.6 Å². The second-order valence-corrected chi connectivity index (χ2v) is 5.29. The molecule has 0 aliphatic heterocycles. The number of rotatable bonds is 5. The minimum Gasteiger partial charge on any atom is -0.384 e. The summed E-state index contributed by atoms with van der Waals surface area (Å²) in [4.78, 5) is 19.7. The van der Waals surface area contributed by atoms with Gasteiger partial charge < -0.3 is 16.8 Å². The van der Waals surface area contributed by atoms with Crippen LogP contribution >= 0.6 is 0 Å². The first kappa shape index (κ1) is 14.2. The van der Waals surface area contributed by atoms with Gasteiger partial charge in [0.15, 0.2) is 0 Å². The average molecular weight is 251 g/mol. The Bertz CT molecular complexity index is 442. The fourth-order valence-electron chi connectivity index (χ4n) is 1.23. The highest BCUT2D eigenvalue weighted by Gasteiger charge is 2.24. The summed E-state index contributed by atoms with van der Waals surface area (Å²) in [6.07, 6.45) is 0. The molecule has 6 heteroatoms. The largest absolute Gasteiger partial charge is 0.384 e. The number of carbonyl (C=O) groups excluding carboxylic acids is 1. The molecule has 18 heavy (non-hydrogen) atoms. The van der Waals surface area contributed by atoms with Gasteiger partial charge in [-0.25, -0.2) is 9.97 Å². The topological polar surface area (TPSA) is 107 Å². The molecule has 0 bridgehead atoms. The molecule has 0 fully saturated rings. The van der Waals surface area contributed by atoms with Crippen LogP contribution in [0.5, 0.6) is 0 Å². The van der Waals surface area contributed by atoms with Crippen molar-refractivity contribution in [3.05, 3.63) is 11.9 Å². The highest BCUT2D eigenvalue weighted by Crippen LogP contribution is 2.18. The van der Waals surface area contributed by atoms with E-state index in [2.05, 4.69) is 15.3 Å². The van der Waals surface area contributed by atoms with E-state index in [-0.39, 0.29) is 11.8 Å². The van der Waals surface area contributed by atoms with Crippen molar-refractivity contribution < 1.29 is 4.79 Å². The number of nitrogen functional groups attached to an aromatic ring is 1. The lowest BCUT2D eigenvalue weighted by Crippen LogP contribution is -2.37. The van der Waals surface area contributed by atoms with Gasteiger partial charge in [0.1, 0.15) is 17.5 Å². The highest BCUT2D eigenvalue weighted by atomic mass is 16.1. The summed E-state index contributed by atoms with van der Waals surface area (Å²) in [6, 6.07) is 1.64. The normalized spacial score (nSPS) is 11.6. The van der Waals surface area contributed by atoms with Crippen LogP contribution in [0.1, 0.15) is 39.4 Å². The molecule has 0 saturated carbocycles. The maximum absolute atomic E-state index is 11.2. The molecular formula is C12H21N5O. The average Bonchev–Trinajstić information content (AvgIpc) is 2.25. The number of carbonyl (C=O) groups is 1. The summed E-state index contributed by atoms with van der Waals surface area (Å²) >= 11 is 0. The highest BCUT2D eigenvalue weighted by molar-refractivity contribution is 5.80. The number of nitrogens with two attached hydrogens (primary N) is 2. The predicted molar refractivity (Wildman–Crippen MR) is 72.0 cm³/mol. The number of aromatic nitrogens is 2. The molecule has 0 spiro atoms. The van der Waals surface area contributed by atoms with Gasteiger partial charge in [0.25, 0.3) is 0 Å². The molecule has 1 rings (SSSR count). The van der Waals surface area contributed by atoms with Crippen molar-refractivity contribution in [2.24, 2.45) is 11.1 Å². The molecule has 0 aliphatic carbocycles. The van der Waals surface area contributed by atoms with Gasteiger partial charge in [-0.3, -0.25) is 4.79 Å². The Labute approximate surface area is 107 Å². The Morgan fingerprint density at radius 1 is 1.44 bits per heavy atom. The van der Waals surface area contributed by atoms with E-state index in [0.717, 1.165) is 0 Å². The van der Waals surface area contributed by atoms with E-state index in [4.69, 9.17) is 11.5 Å². The third kappa shape index (κ3) is 3.58. The molecule has 0 radical (unpaired) electrons. The number of anilines is 2. The van der Waals surface area contributed by atoms with E-state index in [1.807, 2.05) is 13.8 Å². The zero-order valence-electron chi connectivity index (χ0n) is 11.3. The number of nitrogens with zero attached hydrogens (tertiary/aromatic N) is 2. The first-order chi connectivity index (χ1) is 8.22. The number of hydrogen-bond donors (Lipinski definition) is 3. The van der Waals surface area contributed by atoms with Crippen molar-refractivity contribution in [1.29, 1.82) is 0 Å². The van der Waals surface area contributed by atoms with E-state index in [9.17, 15) is 4.79 Å². The maximum atomic E-state index is 11.2. The molecule has 0 atom stereocenters. The Morgan fingerprint density at radius 3 is 2.56 bits per heavy atom. The minimum atomic E-state index is -0.641. The van der Waals surface area contributed by atoms with Gasteiger partial charge in [0, 0.05) is 18.5 Å². The van der Waals surface area contributed by atoms with Crippen LogP contribution in [0.15, 0.2) is 6.07 Å². The summed E-state index contributed by atoms with van der Waals surface area (Å²) in [5.74, 6) is 1.53. The van der Waals surface area contributed by atoms with Crippen LogP contribution in [0.25, 0.3) is 0 Å². The van der Waals surface area contributed by atoms with Crippen molar-refractivity contribution in [3.8, 4) is 0 Å².